The van der Waals surface area contributed by atoms with E-state index in [2.05, 4.69) is 12.2 Å². The van der Waals surface area contributed by atoms with Gasteiger partial charge in [0.25, 0.3) is 5.56 Å². The first-order chi connectivity index (χ1) is 19.9. The van der Waals surface area contributed by atoms with Crippen LogP contribution in [0.2, 0.25) is 0 Å². The van der Waals surface area contributed by atoms with Gasteiger partial charge in [-0.2, -0.15) is 0 Å². The van der Waals surface area contributed by atoms with Crippen LogP contribution in [0.25, 0.3) is 26.3 Å². The van der Waals surface area contributed by atoms with Crippen LogP contribution < -0.4 is 10.9 Å². The van der Waals surface area contributed by atoms with Crippen molar-refractivity contribution in [3.63, 3.8) is 0 Å². The second-order valence-electron chi connectivity index (χ2n) is 9.95. The number of hydrogen-bond acceptors (Lipinski definition) is 8. The lowest BCUT2D eigenvalue weighted by Gasteiger charge is -2.17. The van der Waals surface area contributed by atoms with Crippen LogP contribution in [0.1, 0.15) is 34.1 Å². The number of thiophene rings is 2. The molecule has 0 saturated carbocycles. The first-order valence-corrected chi connectivity index (χ1v) is 15.9. The molecule has 5 aromatic rings. The number of benzene rings is 2. The number of thioether (sulfide) groups is 1. The predicted octanol–water partition coefficient (Wildman–Crippen LogP) is 6.82. The molecule has 6 rings (SSSR count). The van der Waals surface area contributed by atoms with Gasteiger partial charge in [0.1, 0.15) is 9.83 Å². The van der Waals surface area contributed by atoms with Gasteiger partial charge < -0.3 is 10.1 Å². The molecule has 0 radical (unpaired) electrons. The average molecular weight is 602 g/mol. The number of hydrogen-bond donors (Lipinski definition) is 1. The largest absolute Gasteiger partial charge is 0.465 e. The van der Waals surface area contributed by atoms with Crippen molar-refractivity contribution < 1.29 is 14.3 Å². The lowest BCUT2D eigenvalue weighted by Crippen LogP contribution is -2.23. The fourth-order valence-electron chi connectivity index (χ4n) is 5.06. The number of methoxy groups -OCH3 is 1. The molecule has 1 atom stereocenters. The molecule has 3 heterocycles. The van der Waals surface area contributed by atoms with Crippen LogP contribution in [-0.2, 0) is 22.4 Å². The fourth-order valence-corrected chi connectivity index (χ4v) is 8.36. The summed E-state index contributed by atoms with van der Waals surface area (Å²) in [4.78, 5) is 47.4. The molecule has 0 fully saturated rings. The molecule has 1 amide bonds. The third-order valence-electron chi connectivity index (χ3n) is 7.09. The summed E-state index contributed by atoms with van der Waals surface area (Å²) < 4.78 is 6.58. The Morgan fingerprint density at radius 2 is 1.83 bits per heavy atom. The third kappa shape index (κ3) is 5.47. The lowest BCUT2D eigenvalue weighted by atomic mass is 9.89. The Bertz CT molecular complexity index is 1810. The van der Waals surface area contributed by atoms with E-state index in [0.717, 1.165) is 40.1 Å². The summed E-state index contributed by atoms with van der Waals surface area (Å²) in [5.41, 5.74) is 2.97. The Labute approximate surface area is 249 Å². The fraction of sp³-hybridized carbons (Fsp3) is 0.226. The molecule has 208 valence electrons. The molecule has 1 N–H and O–H groups in total. The zero-order chi connectivity index (χ0) is 28.5. The standard InChI is InChI=1S/C31H27N3O4S3/c1-18-13-14-21-24(15-18)41-28-26(21)29(36)34(20-11-7-4-8-12-20)31(33-28)39-17-25(35)32-27-22(30(37)38-2)16-23(40-27)19-9-5-3-6-10-19/h3-12,16,18H,13-15,17H2,1-2H3,(H,32,35). The summed E-state index contributed by atoms with van der Waals surface area (Å²) in [7, 11) is 1.32. The zero-order valence-electron chi connectivity index (χ0n) is 22.5. The Balaban J connectivity index is 1.31. The van der Waals surface area contributed by atoms with Crippen molar-refractivity contribution in [2.75, 3.05) is 18.2 Å². The number of carbonyl (C=O) groups is 2. The van der Waals surface area contributed by atoms with Gasteiger partial charge in [-0.05, 0) is 54.5 Å². The maximum Gasteiger partial charge on any atom is 0.340 e. The number of anilines is 1. The van der Waals surface area contributed by atoms with Crippen LogP contribution in [0.5, 0.6) is 0 Å². The van der Waals surface area contributed by atoms with Crippen molar-refractivity contribution in [2.24, 2.45) is 5.92 Å². The van der Waals surface area contributed by atoms with E-state index in [9.17, 15) is 14.4 Å². The number of rotatable bonds is 7. The zero-order valence-corrected chi connectivity index (χ0v) is 25.0. The van der Waals surface area contributed by atoms with E-state index in [4.69, 9.17) is 9.72 Å². The summed E-state index contributed by atoms with van der Waals surface area (Å²) in [6.07, 6.45) is 2.90. The van der Waals surface area contributed by atoms with Crippen LogP contribution in [-0.4, -0.2) is 34.3 Å². The van der Waals surface area contributed by atoms with Crippen LogP contribution in [0.15, 0.2) is 76.7 Å². The molecule has 1 unspecified atom stereocenters. The van der Waals surface area contributed by atoms with Gasteiger partial charge in [-0.25, -0.2) is 9.78 Å². The first-order valence-electron chi connectivity index (χ1n) is 13.3. The molecular weight excluding hydrogens is 575 g/mol. The third-order valence-corrected chi connectivity index (χ3v) is 10.3. The molecule has 3 aromatic heterocycles. The molecule has 2 aromatic carbocycles. The Morgan fingerprint density at radius 3 is 2.56 bits per heavy atom. The number of ether oxygens (including phenoxy) is 1. The number of nitrogens with one attached hydrogen (secondary N) is 1. The predicted molar refractivity (Wildman–Crippen MR) is 167 cm³/mol. The van der Waals surface area contributed by atoms with Crippen LogP contribution in [0.4, 0.5) is 5.00 Å². The minimum atomic E-state index is -0.521. The van der Waals surface area contributed by atoms with Crippen LogP contribution in [0.3, 0.4) is 0 Å². The van der Waals surface area contributed by atoms with Gasteiger partial charge >= 0.3 is 5.97 Å². The highest BCUT2D eigenvalue weighted by molar-refractivity contribution is 7.99. The maximum absolute atomic E-state index is 14.0. The number of esters is 1. The van der Waals surface area contributed by atoms with Gasteiger partial charge in [0.15, 0.2) is 5.16 Å². The summed E-state index contributed by atoms with van der Waals surface area (Å²) >= 11 is 4.11. The molecule has 0 aliphatic heterocycles. The van der Waals surface area contributed by atoms with E-state index in [0.29, 0.717) is 32.7 Å². The van der Waals surface area contributed by atoms with E-state index in [1.165, 1.54) is 35.1 Å². The number of amides is 1. The molecule has 41 heavy (non-hydrogen) atoms. The topological polar surface area (TPSA) is 90.3 Å². The molecule has 1 aliphatic carbocycles. The highest BCUT2D eigenvalue weighted by atomic mass is 32.2. The summed E-state index contributed by atoms with van der Waals surface area (Å²) in [5.74, 6) is -0.243. The smallest absolute Gasteiger partial charge is 0.340 e. The van der Waals surface area contributed by atoms with E-state index >= 15 is 0 Å². The number of para-hydroxylation sites is 1. The van der Waals surface area contributed by atoms with Crippen LogP contribution >= 0.6 is 34.4 Å². The molecule has 0 saturated heterocycles. The van der Waals surface area contributed by atoms with E-state index in [1.807, 2.05) is 60.7 Å². The normalized spacial score (nSPS) is 14.5. The monoisotopic (exact) mass is 601 g/mol. The summed E-state index contributed by atoms with van der Waals surface area (Å²) in [5, 5.41) is 4.47. The van der Waals surface area contributed by atoms with Crippen molar-refractivity contribution in [3.8, 4) is 16.1 Å². The van der Waals surface area contributed by atoms with Crippen molar-refractivity contribution in [1.82, 2.24) is 9.55 Å². The second-order valence-corrected chi connectivity index (χ2v) is 13.0. The van der Waals surface area contributed by atoms with Gasteiger partial charge in [-0.3, -0.25) is 14.2 Å². The molecule has 10 heteroatoms. The second kappa shape index (κ2) is 11.6. The number of fused-ring (bicyclic) bond motifs is 3. The Hall–Kier alpha value is -3.73. The van der Waals surface area contributed by atoms with Crippen molar-refractivity contribution in [2.45, 2.75) is 31.3 Å². The lowest BCUT2D eigenvalue weighted by molar-refractivity contribution is -0.113. The van der Waals surface area contributed by atoms with E-state index in [-0.39, 0.29) is 17.2 Å². The number of carbonyl (C=O) groups excluding carboxylic acids is 2. The van der Waals surface area contributed by atoms with Crippen molar-refractivity contribution >= 4 is 61.5 Å². The van der Waals surface area contributed by atoms with Gasteiger partial charge in [0.05, 0.1) is 29.5 Å². The Morgan fingerprint density at radius 1 is 1.10 bits per heavy atom. The van der Waals surface area contributed by atoms with Crippen molar-refractivity contribution in [1.29, 1.82) is 0 Å². The van der Waals surface area contributed by atoms with E-state index < -0.39 is 5.97 Å². The number of aryl methyl sites for hydroxylation is 1. The number of aromatic nitrogens is 2. The molecule has 0 bridgehead atoms. The van der Waals surface area contributed by atoms with Gasteiger partial charge in [0, 0.05) is 9.75 Å². The van der Waals surface area contributed by atoms with E-state index in [1.54, 1.807) is 22.0 Å². The summed E-state index contributed by atoms with van der Waals surface area (Å²) in [6, 6.07) is 20.8. The highest BCUT2D eigenvalue weighted by Gasteiger charge is 2.26. The molecule has 1 aliphatic rings. The highest BCUT2D eigenvalue weighted by Crippen LogP contribution is 2.38. The minimum Gasteiger partial charge on any atom is -0.465 e. The van der Waals surface area contributed by atoms with Gasteiger partial charge in [-0.15, -0.1) is 22.7 Å². The molecule has 0 spiro atoms. The maximum atomic E-state index is 14.0. The molecular formula is C31H27N3O4S3. The van der Waals surface area contributed by atoms with Crippen LogP contribution in [0, 0.1) is 5.92 Å². The van der Waals surface area contributed by atoms with Gasteiger partial charge in [0.2, 0.25) is 5.91 Å². The minimum absolute atomic E-state index is 0.00604. The first kappa shape index (κ1) is 27.4. The number of nitrogens with zero attached hydrogens (tertiary/aromatic N) is 2. The quantitative estimate of drug-likeness (QED) is 0.125. The van der Waals surface area contributed by atoms with Crippen molar-refractivity contribution in [3.05, 3.63) is 93.1 Å². The average Bonchev–Trinajstić information content (AvgIpc) is 3.57. The Kier molecular flexibility index (Phi) is 7.79. The van der Waals surface area contributed by atoms with Gasteiger partial charge in [-0.1, -0.05) is 67.2 Å². The summed E-state index contributed by atoms with van der Waals surface area (Å²) in [6.45, 7) is 2.24. The molecule has 7 nitrogen and oxygen atoms in total. The SMILES string of the molecule is COC(=O)c1cc(-c2ccccc2)sc1NC(=O)CSc1nc2sc3c(c2c(=O)n1-c1ccccc1)CCC(C)C3.